The number of piperidine rings is 1. The molecular formula is C18H21N3O2. The second kappa shape index (κ2) is 7.13. The zero-order valence-corrected chi connectivity index (χ0v) is 13.3. The first-order valence-corrected chi connectivity index (χ1v) is 7.93. The van der Waals surface area contributed by atoms with E-state index >= 15 is 0 Å². The number of ether oxygens (including phenoxy) is 1. The van der Waals surface area contributed by atoms with Crippen molar-refractivity contribution in [2.24, 2.45) is 0 Å². The van der Waals surface area contributed by atoms with E-state index in [4.69, 9.17) is 4.74 Å². The summed E-state index contributed by atoms with van der Waals surface area (Å²) >= 11 is 0. The molecule has 1 fully saturated rings. The van der Waals surface area contributed by atoms with Crippen molar-refractivity contribution in [3.05, 3.63) is 48.3 Å². The van der Waals surface area contributed by atoms with E-state index in [-0.39, 0.29) is 5.91 Å². The molecule has 0 spiro atoms. The van der Waals surface area contributed by atoms with Gasteiger partial charge in [0.2, 0.25) is 0 Å². The molecule has 3 rings (SSSR count). The maximum absolute atomic E-state index is 12.4. The predicted octanol–water partition coefficient (Wildman–Crippen LogP) is 3.46. The SMILES string of the molecule is COc1ccc(Nc2ccc(C(=O)N3CCCCC3)nc2)cc1. The zero-order valence-electron chi connectivity index (χ0n) is 13.3. The molecule has 1 amide bonds. The fourth-order valence-electron chi connectivity index (χ4n) is 2.69. The second-order valence-electron chi connectivity index (χ2n) is 5.64. The van der Waals surface area contributed by atoms with Gasteiger partial charge in [0.05, 0.1) is 19.0 Å². The van der Waals surface area contributed by atoms with E-state index in [9.17, 15) is 4.79 Å². The molecule has 5 heteroatoms. The Hall–Kier alpha value is -2.56. The lowest BCUT2D eigenvalue weighted by Gasteiger charge is -2.26. The Bertz CT molecular complexity index is 647. The number of methoxy groups -OCH3 is 1. The third kappa shape index (κ3) is 3.80. The van der Waals surface area contributed by atoms with Crippen LogP contribution in [-0.4, -0.2) is 36.0 Å². The molecular weight excluding hydrogens is 290 g/mol. The Morgan fingerprint density at radius 1 is 1.04 bits per heavy atom. The summed E-state index contributed by atoms with van der Waals surface area (Å²) in [5.74, 6) is 0.844. The van der Waals surface area contributed by atoms with Crippen LogP contribution in [0.4, 0.5) is 11.4 Å². The number of carbonyl (C=O) groups is 1. The van der Waals surface area contributed by atoms with Crippen molar-refractivity contribution in [2.75, 3.05) is 25.5 Å². The van der Waals surface area contributed by atoms with Crippen molar-refractivity contribution in [3.63, 3.8) is 0 Å². The van der Waals surface area contributed by atoms with Crippen molar-refractivity contribution in [3.8, 4) is 5.75 Å². The molecule has 1 aromatic carbocycles. The van der Waals surface area contributed by atoms with E-state index in [1.54, 1.807) is 19.4 Å². The standard InChI is InChI=1S/C18H21N3O2/c1-23-16-8-5-14(6-9-16)20-15-7-10-17(19-13-15)18(22)21-11-3-2-4-12-21/h5-10,13,20H,2-4,11-12H2,1H3. The number of anilines is 2. The molecule has 23 heavy (non-hydrogen) atoms. The minimum Gasteiger partial charge on any atom is -0.497 e. The summed E-state index contributed by atoms with van der Waals surface area (Å²) in [6, 6.07) is 11.3. The monoisotopic (exact) mass is 311 g/mol. The van der Waals surface area contributed by atoms with Crippen molar-refractivity contribution in [1.29, 1.82) is 0 Å². The molecule has 2 aromatic rings. The molecule has 1 aliphatic rings. The van der Waals surface area contributed by atoms with E-state index in [0.717, 1.165) is 43.1 Å². The van der Waals surface area contributed by atoms with Gasteiger partial charge in [-0.2, -0.15) is 0 Å². The molecule has 120 valence electrons. The third-order valence-corrected chi connectivity index (χ3v) is 4.00. The minimum atomic E-state index is 0.0284. The maximum Gasteiger partial charge on any atom is 0.272 e. The number of hydrogen-bond acceptors (Lipinski definition) is 4. The molecule has 0 unspecified atom stereocenters. The van der Waals surface area contributed by atoms with Crippen LogP contribution in [0.2, 0.25) is 0 Å². The highest BCUT2D eigenvalue weighted by Crippen LogP contribution is 2.20. The fraction of sp³-hybridized carbons (Fsp3) is 0.333. The first-order chi connectivity index (χ1) is 11.3. The molecule has 0 aliphatic carbocycles. The number of amides is 1. The number of carbonyl (C=O) groups excluding carboxylic acids is 1. The normalized spacial score (nSPS) is 14.4. The number of pyridine rings is 1. The number of nitrogens with one attached hydrogen (secondary N) is 1. The fourth-order valence-corrected chi connectivity index (χ4v) is 2.69. The van der Waals surface area contributed by atoms with Gasteiger partial charge in [0.15, 0.2) is 0 Å². The molecule has 0 bridgehead atoms. The Labute approximate surface area is 136 Å². The maximum atomic E-state index is 12.4. The van der Waals surface area contributed by atoms with Crippen LogP contribution in [0.15, 0.2) is 42.6 Å². The average molecular weight is 311 g/mol. The van der Waals surface area contributed by atoms with Crippen molar-refractivity contribution < 1.29 is 9.53 Å². The van der Waals surface area contributed by atoms with E-state index in [0.29, 0.717) is 5.69 Å². The van der Waals surface area contributed by atoms with Gasteiger partial charge in [-0.3, -0.25) is 4.79 Å². The van der Waals surface area contributed by atoms with Gasteiger partial charge in [0, 0.05) is 18.8 Å². The van der Waals surface area contributed by atoms with Crippen LogP contribution in [0.25, 0.3) is 0 Å². The van der Waals surface area contributed by atoms with Gasteiger partial charge in [-0.25, -0.2) is 4.98 Å². The molecule has 1 N–H and O–H groups in total. The van der Waals surface area contributed by atoms with E-state index < -0.39 is 0 Å². The Kier molecular flexibility index (Phi) is 4.76. The molecule has 0 atom stereocenters. The van der Waals surface area contributed by atoms with Crippen molar-refractivity contribution in [2.45, 2.75) is 19.3 Å². The van der Waals surface area contributed by atoms with E-state index in [1.165, 1.54) is 6.42 Å². The number of aromatic nitrogens is 1. The summed E-state index contributed by atoms with van der Waals surface area (Å²) in [4.78, 5) is 18.6. The largest absolute Gasteiger partial charge is 0.497 e. The van der Waals surface area contributed by atoms with Gasteiger partial charge in [-0.05, 0) is 55.7 Å². The molecule has 5 nitrogen and oxygen atoms in total. The molecule has 2 heterocycles. The Balaban J connectivity index is 1.65. The summed E-state index contributed by atoms with van der Waals surface area (Å²) in [7, 11) is 1.64. The third-order valence-electron chi connectivity index (χ3n) is 4.00. The highest BCUT2D eigenvalue weighted by atomic mass is 16.5. The van der Waals surface area contributed by atoms with Gasteiger partial charge in [0.25, 0.3) is 5.91 Å². The van der Waals surface area contributed by atoms with Crippen LogP contribution in [0.1, 0.15) is 29.8 Å². The number of nitrogens with zero attached hydrogens (tertiary/aromatic N) is 2. The van der Waals surface area contributed by atoms with Gasteiger partial charge in [-0.15, -0.1) is 0 Å². The summed E-state index contributed by atoms with van der Waals surface area (Å²) < 4.78 is 5.14. The van der Waals surface area contributed by atoms with Crippen LogP contribution in [0, 0.1) is 0 Å². The molecule has 0 radical (unpaired) electrons. The lowest BCUT2D eigenvalue weighted by Crippen LogP contribution is -2.36. The van der Waals surface area contributed by atoms with Gasteiger partial charge in [0.1, 0.15) is 11.4 Å². The minimum absolute atomic E-state index is 0.0284. The van der Waals surface area contributed by atoms with Crippen LogP contribution < -0.4 is 10.1 Å². The van der Waals surface area contributed by atoms with Gasteiger partial charge < -0.3 is 15.0 Å². The van der Waals surface area contributed by atoms with E-state index in [2.05, 4.69) is 10.3 Å². The quantitative estimate of drug-likeness (QED) is 0.939. The number of hydrogen-bond donors (Lipinski definition) is 1. The predicted molar refractivity (Wildman–Crippen MR) is 90.3 cm³/mol. The lowest BCUT2D eigenvalue weighted by atomic mass is 10.1. The summed E-state index contributed by atoms with van der Waals surface area (Å²) in [6.45, 7) is 1.68. The Morgan fingerprint density at radius 2 is 1.74 bits per heavy atom. The van der Waals surface area contributed by atoms with Crippen LogP contribution in [0.5, 0.6) is 5.75 Å². The molecule has 1 aliphatic heterocycles. The van der Waals surface area contributed by atoms with Gasteiger partial charge in [-0.1, -0.05) is 0 Å². The van der Waals surface area contributed by atoms with Crippen LogP contribution in [0.3, 0.4) is 0 Å². The van der Waals surface area contributed by atoms with Crippen LogP contribution >= 0.6 is 0 Å². The summed E-state index contributed by atoms with van der Waals surface area (Å²) in [5.41, 5.74) is 2.31. The molecule has 1 saturated heterocycles. The average Bonchev–Trinajstić information content (AvgIpc) is 2.63. The Morgan fingerprint density at radius 3 is 2.35 bits per heavy atom. The number of benzene rings is 1. The summed E-state index contributed by atoms with van der Waals surface area (Å²) in [5, 5.41) is 3.26. The van der Waals surface area contributed by atoms with Crippen molar-refractivity contribution >= 4 is 17.3 Å². The second-order valence-corrected chi connectivity index (χ2v) is 5.64. The van der Waals surface area contributed by atoms with E-state index in [1.807, 2.05) is 35.2 Å². The first kappa shape index (κ1) is 15.3. The number of rotatable bonds is 4. The van der Waals surface area contributed by atoms with Crippen LogP contribution in [-0.2, 0) is 0 Å². The molecule has 0 saturated carbocycles. The first-order valence-electron chi connectivity index (χ1n) is 7.93. The lowest BCUT2D eigenvalue weighted by molar-refractivity contribution is 0.0718. The number of likely N-dealkylation sites (tertiary alicyclic amines) is 1. The molecule has 1 aromatic heterocycles. The highest BCUT2D eigenvalue weighted by molar-refractivity contribution is 5.92. The summed E-state index contributed by atoms with van der Waals surface area (Å²) in [6.07, 6.45) is 5.08. The van der Waals surface area contributed by atoms with Gasteiger partial charge >= 0.3 is 0 Å². The highest BCUT2D eigenvalue weighted by Gasteiger charge is 2.18. The smallest absolute Gasteiger partial charge is 0.272 e. The van der Waals surface area contributed by atoms with Crippen molar-refractivity contribution in [1.82, 2.24) is 9.88 Å². The topological polar surface area (TPSA) is 54.5 Å². The zero-order chi connectivity index (χ0) is 16.1.